The number of rotatable bonds is 6. The molecular formula is C19H19FN4O2. The fourth-order valence-corrected chi connectivity index (χ4v) is 2.59. The molecule has 0 spiro atoms. The van der Waals surface area contributed by atoms with Crippen molar-refractivity contribution in [2.24, 2.45) is 0 Å². The summed E-state index contributed by atoms with van der Waals surface area (Å²) in [6, 6.07) is 7.66. The molecule has 0 aliphatic heterocycles. The third-order valence-electron chi connectivity index (χ3n) is 3.90. The van der Waals surface area contributed by atoms with E-state index < -0.39 is 0 Å². The summed E-state index contributed by atoms with van der Waals surface area (Å²) in [4.78, 5) is 31.4. The van der Waals surface area contributed by atoms with Gasteiger partial charge in [-0.2, -0.15) is 0 Å². The smallest absolute Gasteiger partial charge is 0.253 e. The summed E-state index contributed by atoms with van der Waals surface area (Å²) < 4.78 is 12.9. The van der Waals surface area contributed by atoms with Crippen molar-refractivity contribution < 1.29 is 14.0 Å². The molecule has 1 aromatic carbocycles. The van der Waals surface area contributed by atoms with Crippen LogP contribution in [0.5, 0.6) is 0 Å². The van der Waals surface area contributed by atoms with Crippen molar-refractivity contribution in [3.8, 4) is 0 Å². The highest BCUT2D eigenvalue weighted by molar-refractivity contribution is 6.07. The van der Waals surface area contributed by atoms with Gasteiger partial charge in [0, 0.05) is 24.5 Å². The molecule has 0 bridgehead atoms. The Morgan fingerprint density at radius 3 is 2.73 bits per heavy atom. The van der Waals surface area contributed by atoms with Gasteiger partial charge in [-0.25, -0.2) is 9.37 Å². The fraction of sp³-hybridized carbons (Fsp3) is 0.211. The van der Waals surface area contributed by atoms with Crippen LogP contribution in [0.25, 0.3) is 11.0 Å². The number of benzene rings is 1. The highest BCUT2D eigenvalue weighted by Crippen LogP contribution is 2.20. The van der Waals surface area contributed by atoms with E-state index in [9.17, 15) is 14.0 Å². The van der Waals surface area contributed by atoms with Gasteiger partial charge in [0.15, 0.2) is 0 Å². The first-order valence-electron chi connectivity index (χ1n) is 8.36. The molecule has 3 rings (SSSR count). The lowest BCUT2D eigenvalue weighted by Crippen LogP contribution is -2.22. The average Bonchev–Trinajstić information content (AvgIpc) is 3.04. The number of hydrogen-bond donors (Lipinski definition) is 3. The van der Waals surface area contributed by atoms with Crippen molar-refractivity contribution >= 4 is 28.5 Å². The number of carbonyl (C=O) groups is 2. The molecule has 0 aliphatic carbocycles. The highest BCUT2D eigenvalue weighted by atomic mass is 19.1. The van der Waals surface area contributed by atoms with Gasteiger partial charge in [0.2, 0.25) is 5.91 Å². The quantitative estimate of drug-likeness (QED) is 0.634. The van der Waals surface area contributed by atoms with E-state index in [0.29, 0.717) is 28.7 Å². The molecule has 2 heterocycles. The Hall–Kier alpha value is -3.22. The molecule has 134 valence electrons. The predicted molar refractivity (Wildman–Crippen MR) is 97.2 cm³/mol. The largest absolute Gasteiger partial charge is 0.348 e. The van der Waals surface area contributed by atoms with Crippen molar-refractivity contribution in [2.75, 3.05) is 5.32 Å². The third kappa shape index (κ3) is 4.05. The first kappa shape index (κ1) is 17.6. The van der Waals surface area contributed by atoms with E-state index in [4.69, 9.17) is 0 Å². The van der Waals surface area contributed by atoms with Crippen molar-refractivity contribution in [1.82, 2.24) is 15.3 Å². The minimum atomic E-state index is -0.319. The van der Waals surface area contributed by atoms with E-state index in [1.165, 1.54) is 12.1 Å². The Morgan fingerprint density at radius 2 is 2.00 bits per heavy atom. The number of H-pyrrole nitrogens is 1. The van der Waals surface area contributed by atoms with E-state index in [-0.39, 0.29) is 24.2 Å². The topological polar surface area (TPSA) is 86.9 Å². The second-order valence-electron chi connectivity index (χ2n) is 5.93. The van der Waals surface area contributed by atoms with Crippen LogP contribution in [0.3, 0.4) is 0 Å². The fourth-order valence-electron chi connectivity index (χ4n) is 2.59. The zero-order valence-corrected chi connectivity index (χ0v) is 14.3. The number of amides is 2. The molecule has 7 heteroatoms. The first-order valence-corrected chi connectivity index (χ1v) is 8.36. The minimum absolute atomic E-state index is 0.0912. The number of aromatic amines is 1. The highest BCUT2D eigenvalue weighted by Gasteiger charge is 2.14. The Morgan fingerprint density at radius 1 is 1.23 bits per heavy atom. The number of nitrogens with one attached hydrogen (secondary N) is 3. The number of aromatic nitrogens is 2. The molecule has 2 aromatic heterocycles. The predicted octanol–water partition coefficient (Wildman–Crippen LogP) is 3.37. The molecule has 0 aliphatic rings. The van der Waals surface area contributed by atoms with Gasteiger partial charge < -0.3 is 15.6 Å². The minimum Gasteiger partial charge on any atom is -0.348 e. The van der Waals surface area contributed by atoms with E-state index in [1.54, 1.807) is 30.6 Å². The molecule has 3 aromatic rings. The number of hydrogen-bond acceptors (Lipinski definition) is 3. The van der Waals surface area contributed by atoms with Gasteiger partial charge >= 0.3 is 0 Å². The number of halogens is 1. The zero-order valence-electron chi connectivity index (χ0n) is 14.3. The molecule has 0 unspecified atom stereocenters. The first-order chi connectivity index (χ1) is 12.6. The maximum Gasteiger partial charge on any atom is 0.253 e. The number of carbonyl (C=O) groups excluding carboxylic acids is 2. The van der Waals surface area contributed by atoms with Gasteiger partial charge in [-0.1, -0.05) is 19.1 Å². The number of pyridine rings is 1. The number of anilines is 1. The van der Waals surface area contributed by atoms with Crippen LogP contribution < -0.4 is 10.6 Å². The maximum atomic E-state index is 12.9. The van der Waals surface area contributed by atoms with Crippen LogP contribution in [0.15, 0.2) is 42.7 Å². The summed E-state index contributed by atoms with van der Waals surface area (Å²) in [5.41, 5.74) is 2.33. The average molecular weight is 354 g/mol. The van der Waals surface area contributed by atoms with Crippen LogP contribution in [-0.4, -0.2) is 21.8 Å². The SMILES string of the molecule is CCCC(=O)Nc1cnc2[nH]cc(C(=O)NCc3ccc(F)cc3)c2c1. The summed E-state index contributed by atoms with van der Waals surface area (Å²) in [6.45, 7) is 2.21. The number of nitrogens with zero attached hydrogens (tertiary/aromatic N) is 1. The molecule has 0 saturated heterocycles. The summed E-state index contributed by atoms with van der Waals surface area (Å²) in [6.07, 6.45) is 4.31. The normalized spacial score (nSPS) is 10.7. The Balaban J connectivity index is 1.74. The maximum absolute atomic E-state index is 12.9. The zero-order chi connectivity index (χ0) is 18.5. The summed E-state index contributed by atoms with van der Waals surface area (Å²) in [5.74, 6) is -0.689. The standard InChI is InChI=1S/C19H19FN4O2/c1-2-3-17(25)24-14-8-15-16(11-22-18(15)21-10-14)19(26)23-9-12-4-6-13(20)7-5-12/h4-8,10-11H,2-3,9H2,1H3,(H,21,22)(H,23,26)(H,24,25). The van der Waals surface area contributed by atoms with Gasteiger partial charge in [0.05, 0.1) is 17.4 Å². The van der Waals surface area contributed by atoms with Gasteiger partial charge in [-0.05, 0) is 30.2 Å². The van der Waals surface area contributed by atoms with E-state index in [2.05, 4.69) is 20.6 Å². The molecule has 26 heavy (non-hydrogen) atoms. The van der Waals surface area contributed by atoms with Gasteiger partial charge in [0.1, 0.15) is 11.5 Å². The monoisotopic (exact) mass is 354 g/mol. The molecular weight excluding hydrogens is 335 g/mol. The number of fused-ring (bicyclic) bond motifs is 1. The lowest BCUT2D eigenvalue weighted by atomic mass is 10.2. The third-order valence-corrected chi connectivity index (χ3v) is 3.90. The lowest BCUT2D eigenvalue weighted by Gasteiger charge is -2.06. The van der Waals surface area contributed by atoms with Crippen molar-refractivity contribution in [2.45, 2.75) is 26.3 Å². The molecule has 3 N–H and O–H groups in total. The molecule has 0 atom stereocenters. The lowest BCUT2D eigenvalue weighted by molar-refractivity contribution is -0.116. The molecule has 0 radical (unpaired) electrons. The Bertz CT molecular complexity index is 934. The van der Waals surface area contributed by atoms with Crippen LogP contribution in [0.4, 0.5) is 10.1 Å². The molecule has 0 saturated carbocycles. The second kappa shape index (κ2) is 7.77. The van der Waals surface area contributed by atoms with Crippen molar-refractivity contribution in [1.29, 1.82) is 0 Å². The molecule has 6 nitrogen and oxygen atoms in total. The second-order valence-corrected chi connectivity index (χ2v) is 5.93. The van der Waals surface area contributed by atoms with E-state index >= 15 is 0 Å². The van der Waals surface area contributed by atoms with Gasteiger partial charge in [-0.15, -0.1) is 0 Å². The van der Waals surface area contributed by atoms with Crippen LogP contribution in [-0.2, 0) is 11.3 Å². The van der Waals surface area contributed by atoms with Crippen LogP contribution >= 0.6 is 0 Å². The van der Waals surface area contributed by atoms with E-state index in [1.807, 2.05) is 6.92 Å². The Kier molecular flexibility index (Phi) is 5.26. The van der Waals surface area contributed by atoms with Gasteiger partial charge in [0.25, 0.3) is 5.91 Å². The van der Waals surface area contributed by atoms with Crippen LogP contribution in [0.1, 0.15) is 35.7 Å². The van der Waals surface area contributed by atoms with Crippen LogP contribution in [0, 0.1) is 5.82 Å². The van der Waals surface area contributed by atoms with Crippen molar-refractivity contribution in [3.05, 3.63) is 59.7 Å². The van der Waals surface area contributed by atoms with Crippen molar-refractivity contribution in [3.63, 3.8) is 0 Å². The summed E-state index contributed by atoms with van der Waals surface area (Å²) in [5, 5.41) is 6.19. The molecule has 2 amide bonds. The van der Waals surface area contributed by atoms with Crippen LogP contribution in [0.2, 0.25) is 0 Å². The summed E-state index contributed by atoms with van der Waals surface area (Å²) in [7, 11) is 0. The Labute approximate surface area is 149 Å². The summed E-state index contributed by atoms with van der Waals surface area (Å²) >= 11 is 0. The molecule has 0 fully saturated rings. The van der Waals surface area contributed by atoms with E-state index in [0.717, 1.165) is 12.0 Å². The van der Waals surface area contributed by atoms with Gasteiger partial charge in [-0.3, -0.25) is 9.59 Å².